The van der Waals surface area contributed by atoms with Crippen LogP contribution in [0.2, 0.25) is 0 Å². The number of hydrogen-bond donors (Lipinski definition) is 3. The van der Waals surface area contributed by atoms with E-state index >= 15 is 0 Å². The van der Waals surface area contributed by atoms with E-state index in [0.717, 1.165) is 70.6 Å². The van der Waals surface area contributed by atoms with Crippen LogP contribution in [-0.4, -0.2) is 54.3 Å². The predicted octanol–water partition coefficient (Wildman–Crippen LogP) is 12.0. The first-order valence-electron chi connectivity index (χ1n) is 21.6. The molecule has 0 aromatic rings. The lowest BCUT2D eigenvalue weighted by Gasteiger charge is -2.15. The first-order chi connectivity index (χ1) is 27.3. The molecule has 0 aliphatic rings. The van der Waals surface area contributed by atoms with Crippen LogP contribution in [0, 0.1) is 0 Å². The molecule has 0 aromatic heterocycles. The lowest BCUT2D eigenvalue weighted by Crippen LogP contribution is -2.27. The minimum atomic E-state index is -4.43. The van der Waals surface area contributed by atoms with Gasteiger partial charge >= 0.3 is 13.8 Å². The number of rotatable bonds is 39. The van der Waals surface area contributed by atoms with Gasteiger partial charge in [0.1, 0.15) is 12.7 Å². The molecule has 0 radical (unpaired) electrons. The summed E-state index contributed by atoms with van der Waals surface area (Å²) in [7, 11) is -4.43. The molecule has 0 heterocycles. The largest absolute Gasteiger partial charge is 0.472 e. The molecule has 56 heavy (non-hydrogen) atoms. The van der Waals surface area contributed by atoms with Gasteiger partial charge in [-0.05, 0) is 64.2 Å². The molecule has 0 saturated heterocycles. The second-order valence-electron chi connectivity index (χ2n) is 13.9. The summed E-state index contributed by atoms with van der Waals surface area (Å²) in [4.78, 5) is 33.8. The van der Waals surface area contributed by atoms with Crippen molar-refractivity contribution in [1.82, 2.24) is 5.32 Å². The molecule has 320 valence electrons. The average Bonchev–Trinajstić information content (AvgIpc) is 3.18. The molecule has 2 atom stereocenters. The Balaban J connectivity index is 3.74. The Morgan fingerprint density at radius 2 is 1.02 bits per heavy atom. The summed E-state index contributed by atoms with van der Waals surface area (Å²) in [6.07, 6.45) is 52.3. The number of ether oxygens (including phenoxy) is 1. The van der Waals surface area contributed by atoms with Gasteiger partial charge < -0.3 is 20.1 Å². The quantitative estimate of drug-likeness (QED) is 0.0242. The van der Waals surface area contributed by atoms with Crippen LogP contribution >= 0.6 is 7.82 Å². The molecule has 1 amide bonds. The summed E-state index contributed by atoms with van der Waals surface area (Å²) in [6, 6.07) is 0. The molecule has 2 unspecified atom stereocenters. The number of carbonyl (C=O) groups excluding carboxylic acids is 2. The number of phosphoric acid groups is 1. The number of phosphoric ester groups is 1. The van der Waals surface area contributed by atoms with Gasteiger partial charge in [-0.2, -0.15) is 0 Å². The van der Waals surface area contributed by atoms with Crippen molar-refractivity contribution in [3.05, 3.63) is 85.1 Å². The molecule has 0 saturated carbocycles. The normalized spacial score (nSPS) is 14.1. The summed E-state index contributed by atoms with van der Waals surface area (Å²) < 4.78 is 26.8. The SMILES string of the molecule is CC/C=C\C/C=C\C/C=C\C/C=C\C/C=C\C/C=C\C/C=C\CCCC(=O)OCC(O)COP(=O)(O)OCCNC(=O)CCCCCCCCCCCCCC. The highest BCUT2D eigenvalue weighted by molar-refractivity contribution is 7.47. The molecule has 3 N–H and O–H groups in total. The zero-order valence-corrected chi connectivity index (χ0v) is 35.9. The Morgan fingerprint density at radius 1 is 0.571 bits per heavy atom. The maximum atomic E-state index is 12.1. The first-order valence-corrected chi connectivity index (χ1v) is 23.1. The fourth-order valence-electron chi connectivity index (χ4n) is 5.37. The van der Waals surface area contributed by atoms with Crippen molar-refractivity contribution < 1.29 is 37.9 Å². The number of esters is 1. The number of amides is 1. The molecule has 0 rings (SSSR count). The van der Waals surface area contributed by atoms with Crippen molar-refractivity contribution in [3.8, 4) is 0 Å². The second-order valence-corrected chi connectivity index (χ2v) is 15.4. The van der Waals surface area contributed by atoms with Gasteiger partial charge in [-0.1, -0.05) is 170 Å². The van der Waals surface area contributed by atoms with Crippen LogP contribution < -0.4 is 5.32 Å². The summed E-state index contributed by atoms with van der Waals surface area (Å²) in [5, 5.41) is 12.7. The monoisotopic (exact) mass is 804 g/mol. The van der Waals surface area contributed by atoms with E-state index in [1.54, 1.807) is 0 Å². The fourth-order valence-corrected chi connectivity index (χ4v) is 6.13. The van der Waals surface area contributed by atoms with Crippen LogP contribution in [0.15, 0.2) is 85.1 Å². The van der Waals surface area contributed by atoms with E-state index < -0.39 is 26.5 Å². The summed E-state index contributed by atoms with van der Waals surface area (Å²) in [6.45, 7) is 3.35. The Labute approximate surface area is 341 Å². The highest BCUT2D eigenvalue weighted by atomic mass is 31.2. The summed E-state index contributed by atoms with van der Waals surface area (Å²) in [5.74, 6) is -0.583. The third kappa shape index (κ3) is 42.3. The van der Waals surface area contributed by atoms with Gasteiger partial charge in [-0.3, -0.25) is 18.6 Å². The van der Waals surface area contributed by atoms with E-state index in [1.807, 2.05) is 6.08 Å². The molecular formula is C46H78NO8P. The van der Waals surface area contributed by atoms with Crippen molar-refractivity contribution in [3.63, 3.8) is 0 Å². The van der Waals surface area contributed by atoms with Gasteiger partial charge in [-0.25, -0.2) is 4.57 Å². The third-order valence-electron chi connectivity index (χ3n) is 8.59. The Hall–Kier alpha value is -2.81. The lowest BCUT2D eigenvalue weighted by atomic mass is 10.0. The zero-order chi connectivity index (χ0) is 41.1. The highest BCUT2D eigenvalue weighted by Crippen LogP contribution is 2.42. The van der Waals surface area contributed by atoms with Crippen molar-refractivity contribution in [2.75, 3.05) is 26.4 Å². The molecule has 0 spiro atoms. The fraction of sp³-hybridized carbons (Fsp3) is 0.652. The molecule has 0 bridgehead atoms. The average molecular weight is 804 g/mol. The van der Waals surface area contributed by atoms with Gasteiger partial charge in [0.15, 0.2) is 0 Å². The van der Waals surface area contributed by atoms with Crippen molar-refractivity contribution in [2.24, 2.45) is 0 Å². The highest BCUT2D eigenvalue weighted by Gasteiger charge is 2.23. The molecular weight excluding hydrogens is 725 g/mol. The zero-order valence-electron chi connectivity index (χ0n) is 35.0. The minimum absolute atomic E-state index is 0.0723. The number of unbranched alkanes of at least 4 members (excludes halogenated alkanes) is 12. The smallest absolute Gasteiger partial charge is 0.463 e. The van der Waals surface area contributed by atoms with Gasteiger partial charge in [0.25, 0.3) is 0 Å². The first kappa shape index (κ1) is 53.2. The molecule has 0 aromatic carbocycles. The maximum Gasteiger partial charge on any atom is 0.472 e. The molecule has 9 nitrogen and oxygen atoms in total. The predicted molar refractivity (Wildman–Crippen MR) is 233 cm³/mol. The van der Waals surface area contributed by atoms with E-state index in [-0.39, 0.29) is 32.1 Å². The number of nitrogens with one attached hydrogen (secondary N) is 1. The number of hydrogen-bond acceptors (Lipinski definition) is 7. The van der Waals surface area contributed by atoms with Crippen molar-refractivity contribution in [2.45, 2.75) is 168 Å². The van der Waals surface area contributed by atoms with Gasteiger partial charge in [0.2, 0.25) is 5.91 Å². The van der Waals surface area contributed by atoms with Crippen molar-refractivity contribution in [1.29, 1.82) is 0 Å². The summed E-state index contributed by atoms with van der Waals surface area (Å²) in [5.41, 5.74) is 0. The molecule has 10 heteroatoms. The van der Waals surface area contributed by atoms with Crippen LogP contribution in [0.25, 0.3) is 0 Å². The van der Waals surface area contributed by atoms with Gasteiger partial charge in [-0.15, -0.1) is 0 Å². The van der Waals surface area contributed by atoms with Crippen molar-refractivity contribution >= 4 is 19.7 Å². The van der Waals surface area contributed by atoms with E-state index in [0.29, 0.717) is 12.8 Å². The Bertz CT molecular complexity index is 1190. The molecule has 0 aliphatic heterocycles. The number of aliphatic hydroxyl groups excluding tert-OH is 1. The summed E-state index contributed by atoms with van der Waals surface area (Å²) >= 11 is 0. The molecule has 0 aliphatic carbocycles. The van der Waals surface area contributed by atoms with Crippen LogP contribution in [0.4, 0.5) is 0 Å². The standard InChI is InChI=1S/C46H78NO8P/c1-3-5-7-9-11-13-15-17-18-19-20-21-22-23-24-25-26-27-29-31-33-35-37-39-46(50)53-42-44(48)43-55-56(51,52)54-41-40-47-45(49)38-36-34-32-30-28-16-14-12-10-8-6-4-2/h5,7,11,13,17-18,20-21,23-24,26-27,31,33,44,48H,3-4,6,8-10,12,14-16,19,22,25,28-30,32,34-43H2,1-2H3,(H,47,49)(H,51,52)/b7-5-,13-11-,18-17-,21-20-,24-23-,27-26-,33-31-. The van der Waals surface area contributed by atoms with E-state index in [4.69, 9.17) is 13.8 Å². The van der Waals surface area contributed by atoms with Gasteiger partial charge in [0, 0.05) is 19.4 Å². The Morgan fingerprint density at radius 3 is 1.50 bits per heavy atom. The van der Waals surface area contributed by atoms with Crippen LogP contribution in [0.1, 0.15) is 162 Å². The maximum absolute atomic E-state index is 12.1. The minimum Gasteiger partial charge on any atom is -0.463 e. The van der Waals surface area contributed by atoms with Gasteiger partial charge in [0.05, 0.1) is 13.2 Å². The van der Waals surface area contributed by atoms with Crippen LogP contribution in [0.5, 0.6) is 0 Å². The second kappa shape index (κ2) is 41.8. The lowest BCUT2D eigenvalue weighted by molar-refractivity contribution is -0.147. The van der Waals surface area contributed by atoms with E-state index in [9.17, 15) is 24.2 Å². The van der Waals surface area contributed by atoms with Crippen LogP contribution in [0.3, 0.4) is 0 Å². The van der Waals surface area contributed by atoms with E-state index in [2.05, 4.69) is 98.2 Å². The number of carbonyl (C=O) groups is 2. The third-order valence-corrected chi connectivity index (χ3v) is 9.57. The van der Waals surface area contributed by atoms with Crippen LogP contribution in [-0.2, 0) is 27.9 Å². The topological polar surface area (TPSA) is 131 Å². The molecule has 0 fully saturated rings. The number of allylic oxidation sites excluding steroid dienone is 14. The number of aliphatic hydroxyl groups is 1. The Kier molecular flexibility index (Phi) is 39.7. The van der Waals surface area contributed by atoms with E-state index in [1.165, 1.54) is 57.8 Å².